The summed E-state index contributed by atoms with van der Waals surface area (Å²) in [6.07, 6.45) is 3.59. The lowest BCUT2D eigenvalue weighted by Gasteiger charge is -2.26. The molecule has 126 valence electrons. The SMILES string of the molecule is S=C(Nc1ccc(Cl)cc1)N(Cc1ccccc1)Cc1ccncc1. The zero-order chi connectivity index (χ0) is 17.5. The minimum Gasteiger partial charge on any atom is -0.340 e. The number of rotatable bonds is 5. The molecular formula is C20H18ClN3S. The first-order chi connectivity index (χ1) is 12.2. The fraction of sp³-hybridized carbons (Fsp3) is 0.100. The highest BCUT2D eigenvalue weighted by molar-refractivity contribution is 7.80. The summed E-state index contributed by atoms with van der Waals surface area (Å²) in [5, 5.41) is 4.67. The number of aromatic nitrogens is 1. The molecule has 25 heavy (non-hydrogen) atoms. The Hall–Kier alpha value is -2.43. The third-order valence-corrected chi connectivity index (χ3v) is 4.33. The Morgan fingerprint density at radius 1 is 0.880 bits per heavy atom. The summed E-state index contributed by atoms with van der Waals surface area (Å²) in [5.74, 6) is 0. The molecule has 5 heteroatoms. The molecule has 0 atom stereocenters. The number of hydrogen-bond acceptors (Lipinski definition) is 2. The Morgan fingerprint density at radius 3 is 2.12 bits per heavy atom. The van der Waals surface area contributed by atoms with E-state index in [1.165, 1.54) is 5.56 Å². The molecule has 0 aliphatic rings. The number of benzene rings is 2. The molecule has 0 saturated carbocycles. The predicted molar refractivity (Wildman–Crippen MR) is 108 cm³/mol. The summed E-state index contributed by atoms with van der Waals surface area (Å²) in [4.78, 5) is 6.21. The van der Waals surface area contributed by atoms with Crippen molar-refractivity contribution in [2.45, 2.75) is 13.1 Å². The van der Waals surface area contributed by atoms with Crippen LogP contribution in [0.3, 0.4) is 0 Å². The molecule has 0 bridgehead atoms. The van der Waals surface area contributed by atoms with Gasteiger partial charge in [0, 0.05) is 36.2 Å². The van der Waals surface area contributed by atoms with Crippen LogP contribution < -0.4 is 5.32 Å². The van der Waals surface area contributed by atoms with Crippen molar-refractivity contribution in [3.8, 4) is 0 Å². The van der Waals surface area contributed by atoms with Crippen molar-refractivity contribution in [3.63, 3.8) is 0 Å². The van der Waals surface area contributed by atoms with E-state index in [2.05, 4.69) is 27.3 Å². The van der Waals surface area contributed by atoms with Gasteiger partial charge in [0.05, 0.1) is 0 Å². The highest BCUT2D eigenvalue weighted by atomic mass is 35.5. The van der Waals surface area contributed by atoms with Gasteiger partial charge in [0.2, 0.25) is 0 Å². The topological polar surface area (TPSA) is 28.2 Å². The van der Waals surface area contributed by atoms with Gasteiger partial charge in [0.15, 0.2) is 5.11 Å². The number of nitrogens with zero attached hydrogens (tertiary/aromatic N) is 2. The standard InChI is InChI=1S/C20H18ClN3S/c21-18-6-8-19(9-7-18)23-20(25)24(14-16-4-2-1-3-5-16)15-17-10-12-22-13-11-17/h1-13H,14-15H2,(H,23,25). The Kier molecular flexibility index (Phi) is 5.99. The molecule has 0 unspecified atom stereocenters. The van der Waals surface area contributed by atoms with Crippen molar-refractivity contribution in [3.05, 3.63) is 95.3 Å². The summed E-state index contributed by atoms with van der Waals surface area (Å²) in [5.41, 5.74) is 3.28. The molecule has 1 heterocycles. The Balaban J connectivity index is 1.76. The quantitative estimate of drug-likeness (QED) is 0.632. The fourth-order valence-electron chi connectivity index (χ4n) is 2.45. The fourth-order valence-corrected chi connectivity index (χ4v) is 2.82. The lowest BCUT2D eigenvalue weighted by atomic mass is 10.2. The van der Waals surface area contributed by atoms with Crippen LogP contribution in [0.25, 0.3) is 0 Å². The molecule has 1 aromatic heterocycles. The van der Waals surface area contributed by atoms with Crippen molar-refractivity contribution in [2.24, 2.45) is 0 Å². The van der Waals surface area contributed by atoms with E-state index in [0.29, 0.717) is 16.7 Å². The van der Waals surface area contributed by atoms with Gasteiger partial charge in [-0.15, -0.1) is 0 Å². The Morgan fingerprint density at radius 2 is 1.48 bits per heavy atom. The van der Waals surface area contributed by atoms with Gasteiger partial charge in [-0.2, -0.15) is 0 Å². The van der Waals surface area contributed by atoms with Gasteiger partial charge >= 0.3 is 0 Å². The molecule has 0 amide bonds. The number of pyridine rings is 1. The second kappa shape index (κ2) is 8.60. The van der Waals surface area contributed by atoms with Crippen molar-refractivity contribution in [1.29, 1.82) is 0 Å². The maximum atomic E-state index is 5.95. The van der Waals surface area contributed by atoms with E-state index in [4.69, 9.17) is 23.8 Å². The number of hydrogen-bond donors (Lipinski definition) is 1. The molecule has 0 aliphatic carbocycles. The number of thiocarbonyl (C=S) groups is 1. The average Bonchev–Trinajstić information content (AvgIpc) is 2.65. The lowest BCUT2D eigenvalue weighted by Crippen LogP contribution is -2.33. The summed E-state index contributed by atoms with van der Waals surface area (Å²) < 4.78 is 0. The maximum absolute atomic E-state index is 5.95. The van der Waals surface area contributed by atoms with Gasteiger partial charge in [-0.25, -0.2) is 0 Å². The summed E-state index contributed by atoms with van der Waals surface area (Å²) in [7, 11) is 0. The molecule has 2 aromatic carbocycles. The minimum absolute atomic E-state index is 0.669. The number of halogens is 1. The van der Waals surface area contributed by atoms with E-state index in [1.807, 2.05) is 54.6 Å². The predicted octanol–water partition coefficient (Wildman–Crippen LogP) is 5.13. The smallest absolute Gasteiger partial charge is 0.174 e. The third-order valence-electron chi connectivity index (χ3n) is 3.72. The van der Waals surface area contributed by atoms with Gasteiger partial charge in [-0.05, 0) is 59.7 Å². The lowest BCUT2D eigenvalue weighted by molar-refractivity contribution is 0.412. The van der Waals surface area contributed by atoms with Crippen LogP contribution in [0.2, 0.25) is 5.02 Å². The Labute approximate surface area is 158 Å². The van der Waals surface area contributed by atoms with Crippen LogP contribution in [-0.2, 0) is 13.1 Å². The normalized spacial score (nSPS) is 10.3. The maximum Gasteiger partial charge on any atom is 0.174 e. The highest BCUT2D eigenvalue weighted by Crippen LogP contribution is 2.16. The van der Waals surface area contributed by atoms with Crippen LogP contribution >= 0.6 is 23.8 Å². The van der Waals surface area contributed by atoms with Crippen molar-refractivity contribution >= 4 is 34.6 Å². The zero-order valence-corrected chi connectivity index (χ0v) is 15.2. The minimum atomic E-state index is 0.669. The van der Waals surface area contributed by atoms with Gasteiger partial charge in [0.25, 0.3) is 0 Å². The monoisotopic (exact) mass is 367 g/mol. The van der Waals surface area contributed by atoms with E-state index in [-0.39, 0.29) is 0 Å². The van der Waals surface area contributed by atoms with E-state index in [1.54, 1.807) is 12.4 Å². The number of anilines is 1. The van der Waals surface area contributed by atoms with E-state index in [0.717, 1.165) is 17.8 Å². The largest absolute Gasteiger partial charge is 0.340 e. The molecule has 0 radical (unpaired) electrons. The van der Waals surface area contributed by atoms with Gasteiger partial charge < -0.3 is 10.2 Å². The average molecular weight is 368 g/mol. The summed E-state index contributed by atoms with van der Waals surface area (Å²) in [6.45, 7) is 1.43. The molecule has 1 N–H and O–H groups in total. The molecule has 0 spiro atoms. The van der Waals surface area contributed by atoms with Gasteiger partial charge in [-0.3, -0.25) is 4.98 Å². The number of nitrogens with one attached hydrogen (secondary N) is 1. The third kappa shape index (κ3) is 5.28. The van der Waals surface area contributed by atoms with Crippen LogP contribution in [0.5, 0.6) is 0 Å². The van der Waals surface area contributed by atoms with Crippen molar-refractivity contribution < 1.29 is 0 Å². The molecule has 0 fully saturated rings. The van der Waals surface area contributed by atoms with E-state index >= 15 is 0 Å². The van der Waals surface area contributed by atoms with Crippen LogP contribution in [0.4, 0.5) is 5.69 Å². The van der Waals surface area contributed by atoms with E-state index < -0.39 is 0 Å². The van der Waals surface area contributed by atoms with E-state index in [9.17, 15) is 0 Å². The van der Waals surface area contributed by atoms with Crippen molar-refractivity contribution in [1.82, 2.24) is 9.88 Å². The van der Waals surface area contributed by atoms with Gasteiger partial charge in [-0.1, -0.05) is 41.9 Å². The molecular weight excluding hydrogens is 350 g/mol. The zero-order valence-electron chi connectivity index (χ0n) is 13.6. The molecule has 3 nitrogen and oxygen atoms in total. The van der Waals surface area contributed by atoms with Crippen LogP contribution in [-0.4, -0.2) is 15.0 Å². The van der Waals surface area contributed by atoms with Crippen LogP contribution in [0.15, 0.2) is 79.1 Å². The molecule has 0 saturated heterocycles. The second-order valence-corrected chi connectivity index (χ2v) is 6.46. The molecule has 0 aliphatic heterocycles. The summed E-state index contributed by atoms with van der Waals surface area (Å²) in [6, 6.07) is 21.8. The molecule has 3 aromatic rings. The van der Waals surface area contributed by atoms with Crippen molar-refractivity contribution in [2.75, 3.05) is 5.32 Å². The summed E-state index contributed by atoms with van der Waals surface area (Å²) >= 11 is 11.6. The van der Waals surface area contributed by atoms with Gasteiger partial charge in [0.1, 0.15) is 0 Å². The molecule has 3 rings (SSSR count). The second-order valence-electron chi connectivity index (χ2n) is 5.63. The van der Waals surface area contributed by atoms with Crippen LogP contribution in [0, 0.1) is 0 Å². The first kappa shape index (κ1) is 17.4. The highest BCUT2D eigenvalue weighted by Gasteiger charge is 2.11. The first-order valence-corrected chi connectivity index (χ1v) is 8.73. The Bertz CT molecular complexity index is 766. The van der Waals surface area contributed by atoms with Crippen LogP contribution in [0.1, 0.15) is 11.1 Å². The first-order valence-electron chi connectivity index (χ1n) is 7.95.